The van der Waals surface area contributed by atoms with Gasteiger partial charge in [0.15, 0.2) is 0 Å². The van der Waals surface area contributed by atoms with Crippen molar-refractivity contribution in [2.45, 2.75) is 20.0 Å². The number of anilines is 1. The second kappa shape index (κ2) is 9.01. The molecular weight excluding hydrogens is 366 g/mol. The van der Waals surface area contributed by atoms with Crippen LogP contribution in [0, 0.1) is 6.92 Å². The summed E-state index contributed by atoms with van der Waals surface area (Å²) in [5, 5.41) is 2.75. The third-order valence-corrected chi connectivity index (χ3v) is 4.47. The molecule has 0 saturated heterocycles. The maximum atomic E-state index is 12.6. The molecule has 0 aliphatic carbocycles. The van der Waals surface area contributed by atoms with Gasteiger partial charge in [-0.05, 0) is 42.3 Å². The van der Waals surface area contributed by atoms with Gasteiger partial charge in [-0.25, -0.2) is 0 Å². The van der Waals surface area contributed by atoms with Crippen LogP contribution in [0.4, 0.5) is 5.69 Å². The van der Waals surface area contributed by atoms with E-state index in [0.717, 1.165) is 11.1 Å². The zero-order chi connectivity index (χ0) is 20.8. The predicted octanol–water partition coefficient (Wildman–Crippen LogP) is 3.07. The van der Waals surface area contributed by atoms with Crippen molar-refractivity contribution < 1.29 is 9.59 Å². The Morgan fingerprint density at radius 3 is 2.34 bits per heavy atom. The van der Waals surface area contributed by atoms with Crippen LogP contribution in [0.3, 0.4) is 0 Å². The van der Waals surface area contributed by atoms with E-state index >= 15 is 0 Å². The van der Waals surface area contributed by atoms with E-state index in [9.17, 15) is 14.4 Å². The lowest BCUT2D eigenvalue weighted by atomic mass is 10.1. The number of amides is 2. The summed E-state index contributed by atoms with van der Waals surface area (Å²) in [5.74, 6) is -0.406. The molecule has 0 aliphatic rings. The van der Waals surface area contributed by atoms with Crippen molar-refractivity contribution in [2.75, 3.05) is 12.4 Å². The SMILES string of the molecule is Cc1ccc(=O)n(CC(=O)Nc2ccc(C(=O)N(C)Cc3ccccc3)cc2)c1. The van der Waals surface area contributed by atoms with Gasteiger partial charge in [0.1, 0.15) is 6.54 Å². The monoisotopic (exact) mass is 389 g/mol. The Morgan fingerprint density at radius 2 is 1.66 bits per heavy atom. The predicted molar refractivity (Wildman–Crippen MR) is 113 cm³/mol. The van der Waals surface area contributed by atoms with Gasteiger partial charge in [-0.15, -0.1) is 0 Å². The third-order valence-electron chi connectivity index (χ3n) is 4.47. The highest BCUT2D eigenvalue weighted by Crippen LogP contribution is 2.13. The third kappa shape index (κ3) is 5.42. The van der Waals surface area contributed by atoms with Crippen LogP contribution < -0.4 is 10.9 Å². The average Bonchev–Trinajstić information content (AvgIpc) is 2.71. The first kappa shape index (κ1) is 20.1. The summed E-state index contributed by atoms with van der Waals surface area (Å²) in [4.78, 5) is 38.3. The molecule has 29 heavy (non-hydrogen) atoms. The number of nitrogens with one attached hydrogen (secondary N) is 1. The molecule has 6 heteroatoms. The smallest absolute Gasteiger partial charge is 0.253 e. The molecule has 0 bridgehead atoms. The van der Waals surface area contributed by atoms with Gasteiger partial charge < -0.3 is 14.8 Å². The number of carbonyl (C=O) groups excluding carboxylic acids is 2. The van der Waals surface area contributed by atoms with Crippen molar-refractivity contribution in [3.8, 4) is 0 Å². The van der Waals surface area contributed by atoms with Crippen molar-refractivity contribution in [2.24, 2.45) is 0 Å². The van der Waals surface area contributed by atoms with Crippen LogP contribution in [0.5, 0.6) is 0 Å². The van der Waals surface area contributed by atoms with E-state index in [-0.39, 0.29) is 23.9 Å². The van der Waals surface area contributed by atoms with Gasteiger partial charge in [0.2, 0.25) is 5.91 Å². The summed E-state index contributed by atoms with van der Waals surface area (Å²) >= 11 is 0. The highest BCUT2D eigenvalue weighted by molar-refractivity contribution is 5.95. The summed E-state index contributed by atoms with van der Waals surface area (Å²) < 4.78 is 1.36. The Morgan fingerprint density at radius 1 is 0.966 bits per heavy atom. The fourth-order valence-corrected chi connectivity index (χ4v) is 2.98. The van der Waals surface area contributed by atoms with Crippen molar-refractivity contribution in [3.05, 3.63) is 100.0 Å². The lowest BCUT2D eigenvalue weighted by Crippen LogP contribution is -2.27. The highest BCUT2D eigenvalue weighted by atomic mass is 16.2. The molecule has 1 N–H and O–H groups in total. The highest BCUT2D eigenvalue weighted by Gasteiger charge is 2.12. The van der Waals surface area contributed by atoms with Gasteiger partial charge in [0.05, 0.1) is 0 Å². The molecule has 0 spiro atoms. The molecule has 3 aromatic rings. The Balaban J connectivity index is 1.60. The molecule has 0 unspecified atom stereocenters. The minimum Gasteiger partial charge on any atom is -0.337 e. The first-order chi connectivity index (χ1) is 13.9. The second-order valence-corrected chi connectivity index (χ2v) is 6.94. The largest absolute Gasteiger partial charge is 0.337 e. The summed E-state index contributed by atoms with van der Waals surface area (Å²) in [6, 6.07) is 19.6. The Hall–Kier alpha value is -3.67. The lowest BCUT2D eigenvalue weighted by Gasteiger charge is -2.17. The first-order valence-electron chi connectivity index (χ1n) is 9.29. The van der Waals surface area contributed by atoms with Crippen molar-refractivity contribution in [1.29, 1.82) is 0 Å². The van der Waals surface area contributed by atoms with Gasteiger partial charge in [-0.3, -0.25) is 14.4 Å². The normalized spacial score (nSPS) is 10.4. The van der Waals surface area contributed by atoms with Crippen LogP contribution in [0.15, 0.2) is 77.7 Å². The van der Waals surface area contributed by atoms with E-state index < -0.39 is 0 Å². The zero-order valence-corrected chi connectivity index (χ0v) is 16.5. The zero-order valence-electron chi connectivity index (χ0n) is 16.5. The van der Waals surface area contributed by atoms with Gasteiger partial charge >= 0.3 is 0 Å². The molecule has 0 fully saturated rings. The number of pyridine rings is 1. The number of hydrogen-bond acceptors (Lipinski definition) is 3. The average molecular weight is 389 g/mol. The molecule has 0 radical (unpaired) electrons. The molecule has 1 aromatic heterocycles. The minimum absolute atomic E-state index is 0.0684. The van der Waals surface area contributed by atoms with E-state index in [2.05, 4.69) is 5.32 Å². The quantitative estimate of drug-likeness (QED) is 0.704. The minimum atomic E-state index is -0.307. The summed E-state index contributed by atoms with van der Waals surface area (Å²) in [5.41, 5.74) is 2.83. The van der Waals surface area contributed by atoms with E-state index in [1.165, 1.54) is 10.6 Å². The molecule has 0 aliphatic heterocycles. The summed E-state index contributed by atoms with van der Waals surface area (Å²) in [6.45, 7) is 2.31. The number of nitrogens with zero attached hydrogens (tertiary/aromatic N) is 2. The molecular formula is C23H23N3O3. The summed E-state index contributed by atoms with van der Waals surface area (Å²) in [7, 11) is 1.75. The lowest BCUT2D eigenvalue weighted by molar-refractivity contribution is -0.116. The fourth-order valence-electron chi connectivity index (χ4n) is 2.98. The molecule has 0 saturated carbocycles. The molecule has 6 nitrogen and oxygen atoms in total. The van der Waals surface area contributed by atoms with Crippen LogP contribution >= 0.6 is 0 Å². The maximum absolute atomic E-state index is 12.6. The fraction of sp³-hybridized carbons (Fsp3) is 0.174. The van der Waals surface area contributed by atoms with Crippen molar-refractivity contribution in [1.82, 2.24) is 9.47 Å². The maximum Gasteiger partial charge on any atom is 0.253 e. The number of benzene rings is 2. The van der Waals surface area contributed by atoms with E-state index in [1.807, 2.05) is 37.3 Å². The van der Waals surface area contributed by atoms with Crippen LogP contribution in [0.25, 0.3) is 0 Å². The van der Waals surface area contributed by atoms with Crippen LogP contribution in [0.2, 0.25) is 0 Å². The molecule has 148 valence electrons. The van der Waals surface area contributed by atoms with Gasteiger partial charge in [0.25, 0.3) is 11.5 Å². The molecule has 3 rings (SSSR count). The van der Waals surface area contributed by atoms with Crippen LogP contribution in [0.1, 0.15) is 21.5 Å². The molecule has 0 atom stereocenters. The molecule has 2 aromatic carbocycles. The topological polar surface area (TPSA) is 71.4 Å². The molecule has 2 amide bonds. The van der Waals surface area contributed by atoms with E-state index in [0.29, 0.717) is 17.8 Å². The number of aryl methyl sites for hydroxylation is 1. The van der Waals surface area contributed by atoms with Crippen LogP contribution in [-0.2, 0) is 17.9 Å². The van der Waals surface area contributed by atoms with Crippen LogP contribution in [-0.4, -0.2) is 28.3 Å². The summed E-state index contributed by atoms with van der Waals surface area (Å²) in [6.07, 6.45) is 1.65. The number of aromatic nitrogens is 1. The van der Waals surface area contributed by atoms with Crippen molar-refractivity contribution >= 4 is 17.5 Å². The Bertz CT molecular complexity index is 1060. The second-order valence-electron chi connectivity index (χ2n) is 6.94. The van der Waals surface area contributed by atoms with E-state index in [4.69, 9.17) is 0 Å². The van der Waals surface area contributed by atoms with Gasteiger partial charge in [0, 0.05) is 37.1 Å². The molecule has 1 heterocycles. The van der Waals surface area contributed by atoms with Gasteiger partial charge in [-0.1, -0.05) is 36.4 Å². The number of rotatable bonds is 6. The Kier molecular flexibility index (Phi) is 6.24. The number of hydrogen-bond donors (Lipinski definition) is 1. The number of carbonyl (C=O) groups is 2. The van der Waals surface area contributed by atoms with Crippen molar-refractivity contribution in [3.63, 3.8) is 0 Å². The van der Waals surface area contributed by atoms with Gasteiger partial charge in [-0.2, -0.15) is 0 Å². The first-order valence-corrected chi connectivity index (χ1v) is 9.29. The standard InChI is InChI=1S/C23H23N3O3/c1-17-8-13-22(28)26(14-17)16-21(27)24-20-11-9-19(10-12-20)23(29)25(2)15-18-6-4-3-5-7-18/h3-14H,15-16H2,1-2H3,(H,24,27). The van der Waals surface area contributed by atoms with E-state index in [1.54, 1.807) is 48.5 Å². The Labute approximate surface area is 169 Å².